The van der Waals surface area contributed by atoms with Crippen molar-refractivity contribution < 1.29 is 27.3 Å². The van der Waals surface area contributed by atoms with Gasteiger partial charge in [0.2, 0.25) is 5.91 Å². The Morgan fingerprint density at radius 2 is 1.90 bits per heavy atom. The largest absolute Gasteiger partial charge is 0.505 e. The van der Waals surface area contributed by atoms with Gasteiger partial charge >= 0.3 is 12.9 Å². The quantitative estimate of drug-likeness (QED) is 0.592. The first-order valence-corrected chi connectivity index (χ1v) is 6.87. The summed E-state index contributed by atoms with van der Waals surface area (Å²) in [7, 11) is 0. The van der Waals surface area contributed by atoms with E-state index in [0.717, 1.165) is 6.08 Å². The Kier molecular flexibility index (Phi) is 5.47. The number of esters is 1. The van der Waals surface area contributed by atoms with E-state index in [9.17, 15) is 22.5 Å². The first-order valence-electron chi connectivity index (χ1n) is 6.87. The van der Waals surface area contributed by atoms with E-state index in [0.29, 0.717) is 0 Å². The summed E-state index contributed by atoms with van der Waals surface area (Å²) in [6.07, 6.45) is 0.762. The maximum Gasteiger partial charge on any atom is 0.505 e. The number of hydrogen-bond acceptors (Lipinski definition) is 3. The molecule has 0 aromatic rings. The van der Waals surface area contributed by atoms with Crippen LogP contribution in [-0.2, 0) is 14.3 Å². The van der Waals surface area contributed by atoms with E-state index in [2.05, 4.69) is 0 Å². The van der Waals surface area contributed by atoms with Gasteiger partial charge in [-0.2, -0.15) is 0 Å². The zero-order chi connectivity index (χ0) is 16.3. The minimum Gasteiger partial charge on any atom is -0.460 e. The van der Waals surface area contributed by atoms with E-state index in [1.165, 1.54) is 4.90 Å². The average molecular weight is 306 g/mol. The van der Waals surface area contributed by atoms with Crippen molar-refractivity contribution in [2.75, 3.05) is 13.1 Å². The molecule has 0 saturated carbocycles. The third-order valence-corrected chi connectivity index (χ3v) is 2.98. The zero-order valence-corrected chi connectivity index (χ0v) is 12.5. The predicted octanol–water partition coefficient (Wildman–Crippen LogP) is 2.65. The van der Waals surface area contributed by atoms with Crippen molar-refractivity contribution in [3.05, 3.63) is 11.5 Å². The number of rotatable bonds is 4. The molecule has 4 nitrogen and oxygen atoms in total. The summed E-state index contributed by atoms with van der Waals surface area (Å²) in [5, 5.41) is 0. The molecule has 1 aliphatic heterocycles. The van der Waals surface area contributed by atoms with Crippen molar-refractivity contribution in [3.63, 3.8) is 0 Å². The predicted molar refractivity (Wildman–Crippen MR) is 73.4 cm³/mol. The molecule has 0 unspecified atom stereocenters. The minimum absolute atomic E-state index is 0.0419. The van der Waals surface area contributed by atoms with Gasteiger partial charge in [-0.3, -0.25) is 9.59 Å². The van der Waals surface area contributed by atoms with Gasteiger partial charge in [-0.1, -0.05) is 6.08 Å². The fourth-order valence-corrected chi connectivity index (χ4v) is 1.97. The van der Waals surface area contributed by atoms with Crippen LogP contribution in [0.25, 0.3) is 0 Å². The van der Waals surface area contributed by atoms with Gasteiger partial charge in [-0.25, -0.2) is 0 Å². The van der Waals surface area contributed by atoms with Crippen LogP contribution in [0.3, 0.4) is 0 Å². The molecule has 1 amide bonds. The molecule has 0 aliphatic carbocycles. The standard InChI is InChI=1S/C13H20BF3NO3/c1-13(2,3)21-12(20)5-4-11(19)18-8-6-10(7-9-18)14(15,16)17/h6H,4-5,7-9H2,1-3H3/q-1. The molecule has 120 valence electrons. The zero-order valence-electron chi connectivity index (χ0n) is 12.5. The Balaban J connectivity index is 2.42. The molecule has 0 radical (unpaired) electrons. The molecule has 0 spiro atoms. The second-order valence-corrected chi connectivity index (χ2v) is 6.03. The lowest BCUT2D eigenvalue weighted by Crippen LogP contribution is -2.38. The van der Waals surface area contributed by atoms with Gasteiger partial charge in [-0.05, 0) is 27.2 Å². The Morgan fingerprint density at radius 1 is 1.29 bits per heavy atom. The van der Waals surface area contributed by atoms with E-state index in [1.54, 1.807) is 20.8 Å². The van der Waals surface area contributed by atoms with Gasteiger partial charge in [0.25, 0.3) is 0 Å². The Hall–Kier alpha value is -1.47. The lowest BCUT2D eigenvalue weighted by Gasteiger charge is -2.30. The highest BCUT2D eigenvalue weighted by atomic mass is 19.4. The molecule has 0 N–H and O–H groups in total. The molecule has 0 saturated heterocycles. The summed E-state index contributed by atoms with van der Waals surface area (Å²) in [6, 6.07) is 0. The van der Waals surface area contributed by atoms with Gasteiger partial charge in [0.1, 0.15) is 5.60 Å². The summed E-state index contributed by atoms with van der Waals surface area (Å²) < 4.78 is 42.6. The van der Waals surface area contributed by atoms with E-state index < -0.39 is 24.0 Å². The summed E-state index contributed by atoms with van der Waals surface area (Å²) in [6.45, 7) is 0.203. The van der Waals surface area contributed by atoms with Crippen LogP contribution < -0.4 is 0 Å². The van der Waals surface area contributed by atoms with Crippen LogP contribution in [0.2, 0.25) is 0 Å². The van der Waals surface area contributed by atoms with Crippen molar-refractivity contribution in [2.24, 2.45) is 0 Å². The van der Waals surface area contributed by atoms with Gasteiger partial charge in [0.05, 0.1) is 6.42 Å². The number of nitrogens with zero attached hydrogens (tertiary/aromatic N) is 1. The van der Waals surface area contributed by atoms with Crippen molar-refractivity contribution >= 4 is 18.9 Å². The molecular weight excluding hydrogens is 286 g/mol. The van der Waals surface area contributed by atoms with Crippen molar-refractivity contribution in [2.45, 2.75) is 45.6 Å². The molecule has 1 rings (SSSR count). The van der Waals surface area contributed by atoms with Crippen molar-refractivity contribution in [1.29, 1.82) is 0 Å². The Bertz CT molecular complexity index is 441. The Labute approximate surface area is 122 Å². The summed E-state index contributed by atoms with van der Waals surface area (Å²) >= 11 is 0. The fraction of sp³-hybridized carbons (Fsp3) is 0.692. The Morgan fingerprint density at radius 3 is 2.33 bits per heavy atom. The molecule has 1 aliphatic rings. The molecule has 21 heavy (non-hydrogen) atoms. The van der Waals surface area contributed by atoms with Gasteiger partial charge in [-0.15, -0.1) is 5.47 Å². The molecule has 0 fully saturated rings. The number of amides is 1. The smallest absolute Gasteiger partial charge is 0.460 e. The summed E-state index contributed by atoms with van der Waals surface area (Å²) in [5.41, 5.74) is -1.15. The molecular formula is C13H20BF3NO3-. The summed E-state index contributed by atoms with van der Waals surface area (Å²) in [5.74, 6) is -0.812. The number of halogens is 3. The molecule has 0 aromatic carbocycles. The number of carbonyl (C=O) groups excluding carboxylic acids is 2. The number of hydrogen-bond donors (Lipinski definition) is 0. The normalized spacial score (nSPS) is 16.5. The third kappa shape index (κ3) is 6.22. The van der Waals surface area contributed by atoms with Crippen LogP contribution in [0, 0.1) is 0 Å². The van der Waals surface area contributed by atoms with E-state index >= 15 is 0 Å². The minimum atomic E-state index is -4.96. The molecule has 1 heterocycles. The molecule has 0 bridgehead atoms. The highest BCUT2D eigenvalue weighted by molar-refractivity contribution is 6.66. The third-order valence-electron chi connectivity index (χ3n) is 2.98. The maximum absolute atomic E-state index is 12.5. The van der Waals surface area contributed by atoms with Crippen LogP contribution >= 0.6 is 0 Å². The lowest BCUT2D eigenvalue weighted by atomic mass is 9.75. The first-order chi connectivity index (χ1) is 9.49. The van der Waals surface area contributed by atoms with Crippen LogP contribution in [0.4, 0.5) is 12.9 Å². The topological polar surface area (TPSA) is 46.6 Å². The first kappa shape index (κ1) is 17.6. The van der Waals surface area contributed by atoms with Crippen LogP contribution in [0.5, 0.6) is 0 Å². The van der Waals surface area contributed by atoms with Gasteiger partial charge < -0.3 is 22.6 Å². The van der Waals surface area contributed by atoms with Gasteiger partial charge in [0, 0.05) is 19.5 Å². The molecule has 8 heteroatoms. The van der Waals surface area contributed by atoms with Gasteiger partial charge in [0.15, 0.2) is 0 Å². The molecule has 0 aromatic heterocycles. The van der Waals surface area contributed by atoms with E-state index in [1.807, 2.05) is 0 Å². The second kappa shape index (κ2) is 6.53. The maximum atomic E-state index is 12.5. The van der Waals surface area contributed by atoms with Crippen LogP contribution in [0.1, 0.15) is 40.0 Å². The second-order valence-electron chi connectivity index (χ2n) is 6.03. The van der Waals surface area contributed by atoms with E-state index in [-0.39, 0.29) is 38.3 Å². The monoisotopic (exact) mass is 306 g/mol. The SMILES string of the molecule is CC(C)(C)OC(=O)CCC(=O)N1CC=C([B-](F)(F)F)CC1. The van der Waals surface area contributed by atoms with Crippen LogP contribution in [0.15, 0.2) is 11.5 Å². The highest BCUT2D eigenvalue weighted by Crippen LogP contribution is 2.25. The molecule has 0 atom stereocenters. The lowest BCUT2D eigenvalue weighted by molar-refractivity contribution is -0.156. The van der Waals surface area contributed by atoms with Crippen LogP contribution in [-0.4, -0.2) is 42.4 Å². The van der Waals surface area contributed by atoms with Crippen molar-refractivity contribution in [3.8, 4) is 0 Å². The number of carbonyl (C=O) groups is 2. The van der Waals surface area contributed by atoms with Crippen molar-refractivity contribution in [1.82, 2.24) is 4.90 Å². The van der Waals surface area contributed by atoms with E-state index in [4.69, 9.17) is 4.74 Å². The summed E-state index contributed by atoms with van der Waals surface area (Å²) in [4.78, 5) is 24.6. The average Bonchev–Trinajstić information content (AvgIpc) is 2.33. The number of ether oxygens (including phenoxy) is 1. The highest BCUT2D eigenvalue weighted by Gasteiger charge is 2.31. The fourth-order valence-electron chi connectivity index (χ4n) is 1.97.